The van der Waals surface area contributed by atoms with Crippen LogP contribution in [-0.4, -0.2) is 20.9 Å². The zero-order valence-corrected chi connectivity index (χ0v) is 14.6. The van der Waals surface area contributed by atoms with E-state index in [1.807, 2.05) is 25.1 Å². The van der Waals surface area contributed by atoms with Crippen molar-refractivity contribution in [1.82, 2.24) is 15.0 Å². The topological polar surface area (TPSA) is 85.8 Å². The number of hydrogen-bond donors (Lipinski definition) is 2. The Hall–Kier alpha value is -1.25. The summed E-state index contributed by atoms with van der Waals surface area (Å²) in [6.45, 7) is 2.06. The summed E-state index contributed by atoms with van der Waals surface area (Å²) < 4.78 is 3.21. The summed E-state index contributed by atoms with van der Waals surface area (Å²) in [6, 6.07) is 5.38. The van der Waals surface area contributed by atoms with Gasteiger partial charge in [0.05, 0.1) is 23.6 Å². The third kappa shape index (κ3) is 4.36. The molecule has 0 saturated carbocycles. The van der Waals surface area contributed by atoms with Crippen LogP contribution < -0.4 is 11.1 Å². The molecule has 21 heavy (non-hydrogen) atoms. The first-order valence-corrected chi connectivity index (χ1v) is 7.98. The van der Waals surface area contributed by atoms with Crippen molar-refractivity contribution in [3.05, 3.63) is 39.0 Å². The van der Waals surface area contributed by atoms with E-state index in [1.165, 1.54) is 4.68 Å². The van der Waals surface area contributed by atoms with E-state index in [0.29, 0.717) is 11.4 Å². The summed E-state index contributed by atoms with van der Waals surface area (Å²) >= 11 is 6.76. The number of nitrogens with one attached hydrogen (secondary N) is 1. The van der Waals surface area contributed by atoms with E-state index in [0.717, 1.165) is 15.4 Å². The molecule has 112 valence electrons. The molecule has 0 aliphatic heterocycles. The monoisotopic (exact) mass is 415 g/mol. The quantitative estimate of drug-likeness (QED) is 0.784. The van der Waals surface area contributed by atoms with Crippen LogP contribution in [0.1, 0.15) is 25.1 Å². The predicted octanol–water partition coefficient (Wildman–Crippen LogP) is 2.85. The molecule has 0 radical (unpaired) electrons. The molecule has 0 aliphatic rings. The van der Waals surface area contributed by atoms with Gasteiger partial charge in [0.15, 0.2) is 0 Å². The van der Waals surface area contributed by atoms with Crippen molar-refractivity contribution in [2.75, 3.05) is 5.32 Å². The minimum absolute atomic E-state index is 0.0892. The van der Waals surface area contributed by atoms with Crippen LogP contribution in [0.25, 0.3) is 0 Å². The fourth-order valence-corrected chi connectivity index (χ4v) is 2.84. The minimum atomic E-state index is -0.181. The Bertz CT molecular complexity index is 643. The lowest BCUT2D eigenvalue weighted by Gasteiger charge is -2.07. The van der Waals surface area contributed by atoms with Crippen molar-refractivity contribution in [1.29, 1.82) is 0 Å². The number of amides is 1. The number of anilines is 1. The molecule has 2 rings (SSSR count). The second-order valence-corrected chi connectivity index (χ2v) is 6.30. The zero-order valence-electron chi connectivity index (χ0n) is 11.4. The van der Waals surface area contributed by atoms with Crippen LogP contribution in [-0.2, 0) is 11.3 Å². The van der Waals surface area contributed by atoms with E-state index in [-0.39, 0.29) is 18.5 Å². The van der Waals surface area contributed by atoms with Gasteiger partial charge in [-0.05, 0) is 40.5 Å². The Morgan fingerprint density at radius 3 is 2.90 bits per heavy atom. The van der Waals surface area contributed by atoms with E-state index in [1.54, 1.807) is 6.20 Å². The first-order valence-electron chi connectivity index (χ1n) is 6.40. The van der Waals surface area contributed by atoms with Crippen LogP contribution in [0.3, 0.4) is 0 Å². The fourth-order valence-electron chi connectivity index (χ4n) is 1.70. The average Bonchev–Trinajstić information content (AvgIpc) is 2.89. The van der Waals surface area contributed by atoms with Crippen LogP contribution in [0.15, 0.2) is 33.3 Å². The molecular weight excluding hydrogens is 402 g/mol. The SMILES string of the molecule is CCC(N)c1cn(CC(=O)Nc2ccc(Br)cc2Br)nn1. The third-order valence-electron chi connectivity index (χ3n) is 2.89. The van der Waals surface area contributed by atoms with Gasteiger partial charge in [-0.15, -0.1) is 5.10 Å². The Labute approximate surface area is 139 Å². The molecule has 3 N–H and O–H groups in total. The van der Waals surface area contributed by atoms with Crippen LogP contribution >= 0.6 is 31.9 Å². The van der Waals surface area contributed by atoms with Crippen LogP contribution in [0.2, 0.25) is 0 Å². The van der Waals surface area contributed by atoms with Crippen molar-refractivity contribution >= 4 is 43.5 Å². The summed E-state index contributed by atoms with van der Waals surface area (Å²) in [5.74, 6) is -0.181. The number of halogens is 2. The van der Waals surface area contributed by atoms with E-state index >= 15 is 0 Å². The molecule has 8 heteroatoms. The van der Waals surface area contributed by atoms with E-state index in [9.17, 15) is 4.79 Å². The molecule has 0 fully saturated rings. The maximum atomic E-state index is 12.0. The molecule has 6 nitrogen and oxygen atoms in total. The van der Waals surface area contributed by atoms with E-state index in [2.05, 4.69) is 47.5 Å². The first-order chi connectivity index (χ1) is 9.99. The molecule has 0 spiro atoms. The van der Waals surface area contributed by atoms with Crippen LogP contribution in [0, 0.1) is 0 Å². The highest BCUT2D eigenvalue weighted by molar-refractivity contribution is 9.11. The normalized spacial score (nSPS) is 12.2. The smallest absolute Gasteiger partial charge is 0.246 e. The summed E-state index contributed by atoms with van der Waals surface area (Å²) in [7, 11) is 0. The lowest BCUT2D eigenvalue weighted by molar-refractivity contribution is -0.116. The molecule has 1 unspecified atom stereocenters. The van der Waals surface area contributed by atoms with Crippen molar-refractivity contribution in [2.45, 2.75) is 25.9 Å². The number of carbonyl (C=O) groups excluding carboxylic acids is 1. The van der Waals surface area contributed by atoms with Gasteiger partial charge in [-0.3, -0.25) is 4.79 Å². The van der Waals surface area contributed by atoms with Crippen LogP contribution in [0.5, 0.6) is 0 Å². The maximum Gasteiger partial charge on any atom is 0.246 e. The molecule has 1 aromatic carbocycles. The molecule has 0 bridgehead atoms. The van der Waals surface area contributed by atoms with Crippen molar-refractivity contribution in [3.8, 4) is 0 Å². The van der Waals surface area contributed by atoms with E-state index < -0.39 is 0 Å². The number of hydrogen-bond acceptors (Lipinski definition) is 4. The van der Waals surface area contributed by atoms with Crippen LogP contribution in [0.4, 0.5) is 5.69 Å². The number of benzene rings is 1. The number of rotatable bonds is 5. The number of aromatic nitrogens is 3. The Kier molecular flexibility index (Phi) is 5.49. The molecule has 1 atom stereocenters. The van der Waals surface area contributed by atoms with Gasteiger partial charge in [0.25, 0.3) is 0 Å². The summed E-state index contributed by atoms with van der Waals surface area (Å²) in [5.41, 5.74) is 7.26. The molecular formula is C13H15Br2N5O. The lowest BCUT2D eigenvalue weighted by atomic mass is 10.2. The summed E-state index contributed by atoms with van der Waals surface area (Å²) in [5, 5.41) is 10.7. The Morgan fingerprint density at radius 2 is 2.24 bits per heavy atom. The van der Waals surface area contributed by atoms with E-state index in [4.69, 9.17) is 5.73 Å². The first kappa shape index (κ1) is 16.1. The summed E-state index contributed by atoms with van der Waals surface area (Å²) in [6.07, 6.45) is 2.47. The molecule has 1 amide bonds. The van der Waals surface area contributed by atoms with Crippen molar-refractivity contribution < 1.29 is 4.79 Å². The highest BCUT2D eigenvalue weighted by Crippen LogP contribution is 2.26. The molecule has 0 saturated heterocycles. The molecule has 2 aromatic rings. The number of nitrogens with two attached hydrogens (primary N) is 1. The Morgan fingerprint density at radius 1 is 1.48 bits per heavy atom. The van der Waals surface area contributed by atoms with Crippen molar-refractivity contribution in [3.63, 3.8) is 0 Å². The molecule has 1 heterocycles. The predicted molar refractivity (Wildman–Crippen MR) is 87.7 cm³/mol. The number of nitrogens with zero attached hydrogens (tertiary/aromatic N) is 3. The maximum absolute atomic E-state index is 12.0. The second kappa shape index (κ2) is 7.15. The average molecular weight is 417 g/mol. The number of carbonyl (C=O) groups is 1. The molecule has 0 aliphatic carbocycles. The lowest BCUT2D eigenvalue weighted by Crippen LogP contribution is -2.19. The van der Waals surface area contributed by atoms with Crippen molar-refractivity contribution in [2.24, 2.45) is 5.73 Å². The molecule has 1 aromatic heterocycles. The highest BCUT2D eigenvalue weighted by Gasteiger charge is 2.11. The van der Waals surface area contributed by atoms with Gasteiger partial charge in [0.2, 0.25) is 5.91 Å². The second-order valence-electron chi connectivity index (χ2n) is 4.53. The fraction of sp³-hybridized carbons (Fsp3) is 0.308. The van der Waals surface area contributed by atoms with Gasteiger partial charge in [-0.2, -0.15) is 0 Å². The van der Waals surface area contributed by atoms with Gasteiger partial charge in [0, 0.05) is 8.95 Å². The third-order valence-corrected chi connectivity index (χ3v) is 4.04. The van der Waals surface area contributed by atoms with Gasteiger partial charge in [-0.1, -0.05) is 28.1 Å². The standard InChI is InChI=1S/C13H15Br2N5O/c1-2-10(16)12-6-20(19-18-12)7-13(21)17-11-4-3-8(14)5-9(11)15/h3-6,10H,2,7,16H2,1H3,(H,17,21). The van der Waals surface area contributed by atoms with Gasteiger partial charge in [-0.25, -0.2) is 4.68 Å². The van der Waals surface area contributed by atoms with Gasteiger partial charge < -0.3 is 11.1 Å². The van der Waals surface area contributed by atoms with Gasteiger partial charge >= 0.3 is 0 Å². The minimum Gasteiger partial charge on any atom is -0.323 e. The largest absolute Gasteiger partial charge is 0.323 e. The van der Waals surface area contributed by atoms with Gasteiger partial charge in [0.1, 0.15) is 6.54 Å². The Balaban J connectivity index is 2.00. The zero-order chi connectivity index (χ0) is 15.4. The summed E-state index contributed by atoms with van der Waals surface area (Å²) in [4.78, 5) is 12.0. The highest BCUT2D eigenvalue weighted by atomic mass is 79.9.